The van der Waals surface area contributed by atoms with Gasteiger partial charge in [0.2, 0.25) is 5.91 Å². The summed E-state index contributed by atoms with van der Waals surface area (Å²) in [6, 6.07) is 10.7. The maximum atomic E-state index is 12.9. The van der Waals surface area contributed by atoms with Crippen LogP contribution in [0.3, 0.4) is 0 Å². The van der Waals surface area contributed by atoms with Gasteiger partial charge in [-0.2, -0.15) is 0 Å². The fourth-order valence-corrected chi connectivity index (χ4v) is 2.58. The van der Waals surface area contributed by atoms with E-state index in [2.05, 4.69) is 10.6 Å². The Bertz CT molecular complexity index is 752. The Morgan fingerprint density at radius 1 is 1.15 bits per heavy atom. The lowest BCUT2D eigenvalue weighted by Crippen LogP contribution is -2.33. The minimum absolute atomic E-state index is 0.170. The maximum absolute atomic E-state index is 12.9. The van der Waals surface area contributed by atoms with Gasteiger partial charge in [-0.25, -0.2) is 4.39 Å². The molecule has 0 aliphatic heterocycles. The maximum Gasteiger partial charge on any atom is 0.226 e. The number of hydrogen-bond donors (Lipinski definition) is 3. The van der Waals surface area contributed by atoms with Crippen LogP contribution >= 0.6 is 0 Å². The third-order valence-electron chi connectivity index (χ3n) is 4.09. The van der Waals surface area contributed by atoms with Gasteiger partial charge in [0, 0.05) is 25.1 Å². The van der Waals surface area contributed by atoms with Crippen molar-refractivity contribution in [1.82, 2.24) is 5.32 Å². The van der Waals surface area contributed by atoms with E-state index < -0.39 is 6.10 Å². The summed E-state index contributed by atoms with van der Waals surface area (Å²) in [7, 11) is 3.07. The Hall–Kier alpha value is -2.64. The molecule has 0 heterocycles. The normalized spacial score (nSPS) is 12.9. The van der Waals surface area contributed by atoms with E-state index in [1.54, 1.807) is 25.3 Å². The van der Waals surface area contributed by atoms with Crippen molar-refractivity contribution >= 4 is 11.6 Å². The number of hydrogen-bond acceptors (Lipinski definition) is 5. The number of benzene rings is 2. The highest BCUT2D eigenvalue weighted by Crippen LogP contribution is 2.29. The van der Waals surface area contributed by atoms with Crippen LogP contribution in [0.5, 0.6) is 11.5 Å². The van der Waals surface area contributed by atoms with Crippen molar-refractivity contribution in [2.45, 2.75) is 25.5 Å². The van der Waals surface area contributed by atoms with Gasteiger partial charge in [-0.15, -0.1) is 0 Å². The lowest BCUT2D eigenvalue weighted by Gasteiger charge is -2.18. The van der Waals surface area contributed by atoms with E-state index in [1.165, 1.54) is 31.4 Å². The average molecular weight is 376 g/mol. The number of amides is 1. The molecule has 0 saturated heterocycles. The van der Waals surface area contributed by atoms with Gasteiger partial charge in [-0.05, 0) is 36.8 Å². The second-order valence-electron chi connectivity index (χ2n) is 6.20. The van der Waals surface area contributed by atoms with E-state index >= 15 is 0 Å². The fraction of sp³-hybridized carbons (Fsp3) is 0.350. The van der Waals surface area contributed by atoms with Crippen LogP contribution < -0.4 is 20.1 Å². The summed E-state index contributed by atoms with van der Waals surface area (Å²) in [4.78, 5) is 12.3. The van der Waals surface area contributed by atoms with Crippen molar-refractivity contribution in [1.29, 1.82) is 0 Å². The van der Waals surface area contributed by atoms with Gasteiger partial charge in [0.05, 0.1) is 26.0 Å². The summed E-state index contributed by atoms with van der Waals surface area (Å²) in [5, 5.41) is 16.0. The Morgan fingerprint density at radius 2 is 1.85 bits per heavy atom. The molecule has 7 heteroatoms. The van der Waals surface area contributed by atoms with E-state index in [0.29, 0.717) is 22.7 Å². The highest BCUT2D eigenvalue weighted by molar-refractivity contribution is 5.92. The van der Waals surface area contributed by atoms with E-state index in [9.17, 15) is 14.3 Å². The number of carbonyl (C=O) groups excluding carboxylic acids is 1. The van der Waals surface area contributed by atoms with E-state index in [4.69, 9.17) is 9.47 Å². The van der Waals surface area contributed by atoms with Gasteiger partial charge >= 0.3 is 0 Å². The fourth-order valence-electron chi connectivity index (χ4n) is 2.58. The zero-order valence-electron chi connectivity index (χ0n) is 15.7. The molecular weight excluding hydrogens is 351 g/mol. The second-order valence-corrected chi connectivity index (χ2v) is 6.20. The molecule has 0 aliphatic carbocycles. The first-order valence-corrected chi connectivity index (χ1v) is 8.61. The third-order valence-corrected chi connectivity index (χ3v) is 4.09. The predicted molar refractivity (Wildman–Crippen MR) is 102 cm³/mol. The van der Waals surface area contributed by atoms with Crippen LogP contribution in [0.2, 0.25) is 0 Å². The number of halogens is 1. The molecule has 0 bridgehead atoms. The van der Waals surface area contributed by atoms with Crippen molar-refractivity contribution in [2.75, 3.05) is 26.1 Å². The number of aliphatic hydroxyl groups is 1. The zero-order valence-corrected chi connectivity index (χ0v) is 15.7. The van der Waals surface area contributed by atoms with Crippen molar-refractivity contribution in [2.24, 2.45) is 0 Å². The first-order chi connectivity index (χ1) is 12.9. The van der Waals surface area contributed by atoms with Crippen LogP contribution in [0.15, 0.2) is 42.5 Å². The molecule has 0 radical (unpaired) electrons. The van der Waals surface area contributed by atoms with Gasteiger partial charge in [0.1, 0.15) is 17.3 Å². The van der Waals surface area contributed by atoms with Crippen LogP contribution in [0.4, 0.5) is 10.1 Å². The molecule has 0 spiro atoms. The van der Waals surface area contributed by atoms with Crippen LogP contribution in [-0.4, -0.2) is 37.8 Å². The van der Waals surface area contributed by atoms with E-state index in [1.807, 2.05) is 6.92 Å². The summed E-state index contributed by atoms with van der Waals surface area (Å²) in [6.45, 7) is 2.10. The smallest absolute Gasteiger partial charge is 0.226 e. The molecule has 2 unspecified atom stereocenters. The lowest BCUT2D eigenvalue weighted by atomic mass is 10.1. The molecule has 0 fully saturated rings. The molecule has 0 aromatic heterocycles. The summed E-state index contributed by atoms with van der Waals surface area (Å²) < 4.78 is 23.3. The second kappa shape index (κ2) is 9.89. The monoisotopic (exact) mass is 376 g/mol. The van der Waals surface area contributed by atoms with E-state index in [0.717, 1.165) is 0 Å². The SMILES string of the molecule is COc1ccc(OC)c(NC(=O)CC(C)NCC(O)c2ccc(F)cc2)c1. The molecule has 1 amide bonds. The molecule has 3 N–H and O–H groups in total. The quantitative estimate of drug-likeness (QED) is 0.627. The van der Waals surface area contributed by atoms with Gasteiger partial charge in [0.25, 0.3) is 0 Å². The van der Waals surface area contributed by atoms with Crippen molar-refractivity contribution in [3.8, 4) is 11.5 Å². The summed E-state index contributed by atoms with van der Waals surface area (Å²) >= 11 is 0. The minimum atomic E-state index is -0.783. The van der Waals surface area contributed by atoms with Crippen molar-refractivity contribution < 1.29 is 23.8 Å². The molecule has 27 heavy (non-hydrogen) atoms. The van der Waals surface area contributed by atoms with Crippen molar-refractivity contribution in [3.63, 3.8) is 0 Å². The highest BCUT2D eigenvalue weighted by atomic mass is 19.1. The van der Waals surface area contributed by atoms with Crippen LogP contribution in [0, 0.1) is 5.82 Å². The summed E-state index contributed by atoms with van der Waals surface area (Å²) in [5.74, 6) is 0.603. The number of methoxy groups -OCH3 is 2. The zero-order chi connectivity index (χ0) is 19.8. The van der Waals surface area contributed by atoms with Crippen molar-refractivity contribution in [3.05, 3.63) is 53.8 Å². The van der Waals surface area contributed by atoms with Gasteiger partial charge in [0.15, 0.2) is 0 Å². The number of aliphatic hydroxyl groups excluding tert-OH is 1. The average Bonchev–Trinajstić information content (AvgIpc) is 2.66. The Kier molecular flexibility index (Phi) is 7.57. The highest BCUT2D eigenvalue weighted by Gasteiger charge is 2.14. The van der Waals surface area contributed by atoms with Gasteiger partial charge in [-0.1, -0.05) is 12.1 Å². The topological polar surface area (TPSA) is 79.8 Å². The van der Waals surface area contributed by atoms with Gasteiger partial charge in [-0.3, -0.25) is 4.79 Å². The van der Waals surface area contributed by atoms with Crippen LogP contribution in [0.1, 0.15) is 25.0 Å². The number of carbonyl (C=O) groups is 1. The minimum Gasteiger partial charge on any atom is -0.497 e. The Balaban J connectivity index is 1.85. The molecule has 2 atom stereocenters. The molecule has 2 aromatic carbocycles. The largest absolute Gasteiger partial charge is 0.497 e. The number of rotatable bonds is 9. The van der Waals surface area contributed by atoms with Gasteiger partial charge < -0.3 is 25.2 Å². The third kappa shape index (κ3) is 6.23. The predicted octanol–water partition coefficient (Wildman–Crippen LogP) is 2.88. The Morgan fingerprint density at radius 3 is 2.48 bits per heavy atom. The Labute approximate surface area is 158 Å². The molecular formula is C20H25FN2O4. The van der Waals surface area contributed by atoms with Crippen LogP contribution in [-0.2, 0) is 4.79 Å². The molecule has 2 aromatic rings. The molecule has 0 saturated carbocycles. The molecule has 0 aliphatic rings. The first kappa shape index (κ1) is 20.7. The number of ether oxygens (including phenoxy) is 2. The molecule has 2 rings (SSSR count). The van der Waals surface area contributed by atoms with E-state index in [-0.39, 0.29) is 30.7 Å². The lowest BCUT2D eigenvalue weighted by molar-refractivity contribution is -0.116. The molecule has 146 valence electrons. The standard InChI is InChI=1S/C20H25FN2O4/c1-13(22-12-18(24)14-4-6-15(21)7-5-14)10-20(25)23-17-11-16(26-2)8-9-19(17)27-3/h4-9,11,13,18,22,24H,10,12H2,1-3H3,(H,23,25). The summed E-state index contributed by atoms with van der Waals surface area (Å²) in [6.07, 6.45) is -0.578. The van der Waals surface area contributed by atoms with Crippen LogP contribution in [0.25, 0.3) is 0 Å². The number of anilines is 1. The first-order valence-electron chi connectivity index (χ1n) is 8.61. The summed E-state index contributed by atoms with van der Waals surface area (Å²) in [5.41, 5.74) is 1.14. The number of nitrogens with one attached hydrogen (secondary N) is 2. The molecule has 6 nitrogen and oxygen atoms in total.